The highest BCUT2D eigenvalue weighted by molar-refractivity contribution is 5.52. The van der Waals surface area contributed by atoms with Gasteiger partial charge in [0.15, 0.2) is 0 Å². The Morgan fingerprint density at radius 1 is 1.09 bits per heavy atom. The van der Waals surface area contributed by atoms with Gasteiger partial charge in [0, 0.05) is 11.1 Å². The van der Waals surface area contributed by atoms with Crippen LogP contribution in [-0.2, 0) is 6.54 Å². The second-order valence-electron chi connectivity index (χ2n) is 5.33. The third-order valence-corrected chi connectivity index (χ3v) is 3.46. The lowest BCUT2D eigenvalue weighted by molar-refractivity contribution is 0.457. The summed E-state index contributed by atoms with van der Waals surface area (Å²) in [7, 11) is 0. The Labute approximate surface area is 127 Å². The number of phenolic OH excluding ortho intramolecular Hbond substituents is 1. The topological polar surface area (TPSA) is 68.3 Å². The van der Waals surface area contributed by atoms with Crippen molar-refractivity contribution in [3.8, 4) is 17.2 Å². The first kappa shape index (κ1) is 14.1. The summed E-state index contributed by atoms with van der Waals surface area (Å²) < 4.78 is 6.41. The van der Waals surface area contributed by atoms with E-state index in [0.717, 1.165) is 16.7 Å². The molecule has 5 nitrogen and oxygen atoms in total. The zero-order valence-electron chi connectivity index (χ0n) is 12.4. The van der Waals surface area contributed by atoms with Crippen LogP contribution in [0.1, 0.15) is 16.7 Å². The van der Waals surface area contributed by atoms with Crippen molar-refractivity contribution in [3.63, 3.8) is 0 Å². The quantitative estimate of drug-likeness (QED) is 0.807. The van der Waals surface area contributed by atoms with Crippen LogP contribution in [0.15, 0.2) is 51.7 Å². The monoisotopic (exact) mass is 296 g/mol. The van der Waals surface area contributed by atoms with Gasteiger partial charge in [-0.2, -0.15) is 4.68 Å². The van der Waals surface area contributed by atoms with Crippen LogP contribution in [0, 0.1) is 13.8 Å². The van der Waals surface area contributed by atoms with Crippen molar-refractivity contribution in [1.29, 1.82) is 0 Å². The third-order valence-electron chi connectivity index (χ3n) is 3.46. The minimum atomic E-state index is -0.545. The maximum Gasteiger partial charge on any atom is 0.437 e. The lowest BCUT2D eigenvalue weighted by Crippen LogP contribution is -2.16. The van der Waals surface area contributed by atoms with E-state index in [-0.39, 0.29) is 18.2 Å². The van der Waals surface area contributed by atoms with E-state index < -0.39 is 5.76 Å². The molecule has 2 aromatic carbocycles. The SMILES string of the molecule is Cc1ccc(-c2nn(Cc3cc(C)ccc3O)c(=O)o2)cc1. The molecule has 0 atom stereocenters. The van der Waals surface area contributed by atoms with Gasteiger partial charge in [0.2, 0.25) is 5.89 Å². The predicted octanol–water partition coefficient (Wildman–Crippen LogP) is 2.87. The van der Waals surface area contributed by atoms with Gasteiger partial charge in [0.1, 0.15) is 5.75 Å². The number of aryl methyl sites for hydroxylation is 2. The molecular weight excluding hydrogens is 280 g/mol. The fourth-order valence-electron chi connectivity index (χ4n) is 2.22. The van der Waals surface area contributed by atoms with Gasteiger partial charge in [-0.1, -0.05) is 35.4 Å². The molecule has 0 bridgehead atoms. The average molecular weight is 296 g/mol. The second-order valence-corrected chi connectivity index (χ2v) is 5.33. The van der Waals surface area contributed by atoms with Gasteiger partial charge in [-0.3, -0.25) is 0 Å². The van der Waals surface area contributed by atoms with Crippen LogP contribution in [0.3, 0.4) is 0 Å². The smallest absolute Gasteiger partial charge is 0.437 e. The molecule has 1 heterocycles. The van der Waals surface area contributed by atoms with Crippen LogP contribution in [0.25, 0.3) is 11.5 Å². The average Bonchev–Trinajstić information content (AvgIpc) is 2.85. The molecule has 0 unspecified atom stereocenters. The first-order valence-electron chi connectivity index (χ1n) is 6.96. The Balaban J connectivity index is 1.94. The van der Waals surface area contributed by atoms with Crippen molar-refractivity contribution >= 4 is 0 Å². The summed E-state index contributed by atoms with van der Waals surface area (Å²) >= 11 is 0. The first-order chi connectivity index (χ1) is 10.5. The van der Waals surface area contributed by atoms with E-state index in [4.69, 9.17) is 4.42 Å². The second kappa shape index (κ2) is 5.52. The Morgan fingerprint density at radius 3 is 2.50 bits per heavy atom. The molecule has 1 N–H and O–H groups in total. The van der Waals surface area contributed by atoms with Gasteiger partial charge in [0.25, 0.3) is 0 Å². The van der Waals surface area contributed by atoms with E-state index in [1.807, 2.05) is 50.2 Å². The molecule has 0 saturated carbocycles. The molecule has 22 heavy (non-hydrogen) atoms. The van der Waals surface area contributed by atoms with Gasteiger partial charge in [0.05, 0.1) is 6.54 Å². The lowest BCUT2D eigenvalue weighted by atomic mass is 10.1. The number of hydrogen-bond donors (Lipinski definition) is 1. The van der Waals surface area contributed by atoms with Gasteiger partial charge in [-0.15, -0.1) is 5.10 Å². The van der Waals surface area contributed by atoms with E-state index in [9.17, 15) is 9.90 Å². The zero-order valence-corrected chi connectivity index (χ0v) is 12.4. The number of rotatable bonds is 3. The van der Waals surface area contributed by atoms with Crippen LogP contribution >= 0.6 is 0 Å². The molecule has 0 aliphatic carbocycles. The number of nitrogens with zero attached hydrogens (tertiary/aromatic N) is 2. The molecule has 1 aromatic heterocycles. The highest BCUT2D eigenvalue weighted by atomic mass is 16.4. The Bertz CT molecular complexity index is 860. The van der Waals surface area contributed by atoms with Crippen LogP contribution in [0.5, 0.6) is 5.75 Å². The van der Waals surface area contributed by atoms with Gasteiger partial charge < -0.3 is 9.52 Å². The number of phenols is 1. The third kappa shape index (κ3) is 2.79. The highest BCUT2D eigenvalue weighted by Crippen LogP contribution is 2.20. The van der Waals surface area contributed by atoms with Crippen molar-refractivity contribution in [2.75, 3.05) is 0 Å². The van der Waals surface area contributed by atoms with Crippen molar-refractivity contribution < 1.29 is 9.52 Å². The molecule has 0 amide bonds. The van der Waals surface area contributed by atoms with Crippen molar-refractivity contribution in [2.24, 2.45) is 0 Å². The summed E-state index contributed by atoms with van der Waals surface area (Å²) in [6.07, 6.45) is 0. The molecule has 5 heteroatoms. The molecule has 3 aromatic rings. The molecule has 0 radical (unpaired) electrons. The van der Waals surface area contributed by atoms with Crippen molar-refractivity contribution in [2.45, 2.75) is 20.4 Å². The minimum Gasteiger partial charge on any atom is -0.508 e. The van der Waals surface area contributed by atoms with Crippen LogP contribution in [0.2, 0.25) is 0 Å². The summed E-state index contributed by atoms with van der Waals surface area (Å²) in [4.78, 5) is 11.9. The molecule has 0 spiro atoms. The van der Waals surface area contributed by atoms with E-state index in [1.165, 1.54) is 4.68 Å². The fourth-order valence-corrected chi connectivity index (χ4v) is 2.22. The standard InChI is InChI=1S/C17H16N2O3/c1-11-3-6-13(7-4-11)16-18-19(17(21)22-16)10-14-9-12(2)5-8-15(14)20/h3-9,20H,10H2,1-2H3. The Kier molecular flexibility index (Phi) is 3.55. The van der Waals surface area contributed by atoms with Crippen molar-refractivity contribution in [3.05, 3.63) is 69.7 Å². The predicted molar refractivity (Wildman–Crippen MR) is 82.9 cm³/mol. The number of benzene rings is 2. The van der Waals surface area contributed by atoms with E-state index in [0.29, 0.717) is 5.56 Å². The molecular formula is C17H16N2O3. The van der Waals surface area contributed by atoms with E-state index in [2.05, 4.69) is 5.10 Å². The van der Waals surface area contributed by atoms with Crippen LogP contribution in [-0.4, -0.2) is 14.9 Å². The molecule has 0 aliphatic heterocycles. The normalized spacial score (nSPS) is 10.8. The number of aromatic hydroxyl groups is 1. The Hall–Kier alpha value is -2.82. The summed E-state index contributed by atoms with van der Waals surface area (Å²) in [5.41, 5.74) is 3.50. The maximum atomic E-state index is 11.9. The van der Waals surface area contributed by atoms with Gasteiger partial charge in [-0.25, -0.2) is 4.79 Å². The van der Waals surface area contributed by atoms with E-state index in [1.54, 1.807) is 6.07 Å². The Morgan fingerprint density at radius 2 is 1.77 bits per heavy atom. The van der Waals surface area contributed by atoms with Crippen LogP contribution < -0.4 is 5.76 Å². The summed E-state index contributed by atoms with van der Waals surface area (Å²) in [5.74, 6) is -0.133. The minimum absolute atomic E-state index is 0.136. The summed E-state index contributed by atoms with van der Waals surface area (Å²) in [5, 5.41) is 14.1. The van der Waals surface area contributed by atoms with E-state index >= 15 is 0 Å². The van der Waals surface area contributed by atoms with Crippen molar-refractivity contribution in [1.82, 2.24) is 9.78 Å². The first-order valence-corrected chi connectivity index (χ1v) is 6.96. The molecule has 0 saturated heterocycles. The van der Waals surface area contributed by atoms with Gasteiger partial charge >= 0.3 is 5.76 Å². The lowest BCUT2D eigenvalue weighted by Gasteiger charge is -2.04. The zero-order chi connectivity index (χ0) is 15.7. The molecule has 0 fully saturated rings. The van der Waals surface area contributed by atoms with Gasteiger partial charge in [-0.05, 0) is 32.0 Å². The number of aromatic nitrogens is 2. The summed E-state index contributed by atoms with van der Waals surface area (Å²) in [6, 6.07) is 12.8. The summed E-state index contributed by atoms with van der Waals surface area (Å²) in [6.45, 7) is 4.08. The molecule has 3 rings (SSSR count). The van der Waals surface area contributed by atoms with Crippen LogP contribution in [0.4, 0.5) is 0 Å². The largest absolute Gasteiger partial charge is 0.508 e. The molecule has 0 aliphatic rings. The fraction of sp³-hybridized carbons (Fsp3) is 0.176. The maximum absolute atomic E-state index is 11.9. The molecule has 112 valence electrons. The number of hydrogen-bond acceptors (Lipinski definition) is 4. The highest BCUT2D eigenvalue weighted by Gasteiger charge is 2.12.